The van der Waals surface area contributed by atoms with Crippen LogP contribution in [-0.2, 0) is 0 Å². The maximum atomic E-state index is 12.0. The van der Waals surface area contributed by atoms with Crippen LogP contribution in [-0.4, -0.2) is 29.1 Å². The van der Waals surface area contributed by atoms with Crippen molar-refractivity contribution in [1.29, 1.82) is 0 Å². The number of nitrogens with zero attached hydrogens (tertiary/aromatic N) is 1. The number of carbonyl (C=O) groups is 1. The Morgan fingerprint density at radius 1 is 1.42 bits per heavy atom. The molecule has 1 amide bonds. The minimum absolute atomic E-state index is 0.105. The second kappa shape index (κ2) is 6.91. The quantitative estimate of drug-likeness (QED) is 0.804. The Morgan fingerprint density at radius 3 is 2.95 bits per heavy atom. The molecule has 1 saturated carbocycles. The number of carbonyl (C=O) groups excluding carboxylic acids is 1. The van der Waals surface area contributed by atoms with Crippen molar-refractivity contribution < 1.29 is 9.90 Å². The van der Waals surface area contributed by atoms with Gasteiger partial charge in [-0.15, -0.1) is 0 Å². The molecule has 0 spiro atoms. The van der Waals surface area contributed by atoms with E-state index in [1.807, 2.05) is 0 Å². The van der Waals surface area contributed by atoms with Crippen LogP contribution in [0.15, 0.2) is 18.5 Å². The van der Waals surface area contributed by atoms with E-state index in [0.29, 0.717) is 17.0 Å². The third kappa shape index (κ3) is 4.08. The molecule has 0 saturated heterocycles. The Balaban J connectivity index is 1.94. The van der Waals surface area contributed by atoms with Gasteiger partial charge in [-0.05, 0) is 24.8 Å². The summed E-state index contributed by atoms with van der Waals surface area (Å²) in [6.45, 7) is 0.545. The molecule has 0 bridgehead atoms. The molecule has 4 nitrogen and oxygen atoms in total. The number of amides is 1. The largest absolute Gasteiger partial charge is 0.384 e. The first-order valence-electron chi connectivity index (χ1n) is 6.62. The highest BCUT2D eigenvalue weighted by atomic mass is 16.2. The number of nitrogens with one attached hydrogen (secondary N) is 1. The molecule has 1 fully saturated rings. The number of rotatable bonds is 3. The molecular weight excluding hydrogens is 240 g/mol. The third-order valence-electron chi connectivity index (χ3n) is 3.34. The summed E-state index contributed by atoms with van der Waals surface area (Å²) in [4.78, 5) is 16.0. The average molecular weight is 258 g/mol. The molecular formula is C15H18N2O2. The average Bonchev–Trinajstić information content (AvgIpc) is 2.96. The first-order chi connectivity index (χ1) is 9.29. The Kier molecular flexibility index (Phi) is 4.93. The first-order valence-corrected chi connectivity index (χ1v) is 6.62. The molecule has 0 unspecified atom stereocenters. The van der Waals surface area contributed by atoms with Crippen LogP contribution in [0.1, 0.15) is 41.6 Å². The fourth-order valence-electron chi connectivity index (χ4n) is 2.33. The first kappa shape index (κ1) is 13.6. The molecule has 19 heavy (non-hydrogen) atoms. The van der Waals surface area contributed by atoms with Crippen molar-refractivity contribution in [2.24, 2.45) is 5.92 Å². The van der Waals surface area contributed by atoms with E-state index in [9.17, 15) is 4.79 Å². The summed E-state index contributed by atoms with van der Waals surface area (Å²) in [5, 5.41) is 11.6. The lowest BCUT2D eigenvalue weighted by molar-refractivity contribution is 0.0947. The predicted molar refractivity (Wildman–Crippen MR) is 72.5 cm³/mol. The molecule has 1 heterocycles. The van der Waals surface area contributed by atoms with E-state index in [1.165, 1.54) is 31.9 Å². The minimum atomic E-state index is -0.196. The molecule has 2 rings (SSSR count). The van der Waals surface area contributed by atoms with E-state index < -0.39 is 0 Å². The molecule has 1 aliphatic rings. The van der Waals surface area contributed by atoms with Gasteiger partial charge in [0.1, 0.15) is 6.61 Å². The third-order valence-corrected chi connectivity index (χ3v) is 3.34. The second-order valence-corrected chi connectivity index (χ2v) is 4.78. The van der Waals surface area contributed by atoms with Crippen LogP contribution in [0.5, 0.6) is 0 Å². The lowest BCUT2D eigenvalue weighted by Crippen LogP contribution is -2.28. The number of hydrogen-bond acceptors (Lipinski definition) is 3. The van der Waals surface area contributed by atoms with Crippen molar-refractivity contribution in [3.63, 3.8) is 0 Å². The molecule has 1 aromatic rings. The number of aliphatic hydroxyl groups is 1. The van der Waals surface area contributed by atoms with Crippen LogP contribution in [0, 0.1) is 17.8 Å². The van der Waals surface area contributed by atoms with E-state index >= 15 is 0 Å². The van der Waals surface area contributed by atoms with Crippen LogP contribution >= 0.6 is 0 Å². The Bertz CT molecular complexity index is 496. The number of hydrogen-bond donors (Lipinski definition) is 2. The van der Waals surface area contributed by atoms with Gasteiger partial charge in [-0.25, -0.2) is 0 Å². The van der Waals surface area contributed by atoms with Gasteiger partial charge >= 0.3 is 0 Å². The van der Waals surface area contributed by atoms with Gasteiger partial charge in [-0.3, -0.25) is 9.78 Å². The Hall–Kier alpha value is -1.86. The monoisotopic (exact) mass is 258 g/mol. The van der Waals surface area contributed by atoms with E-state index in [2.05, 4.69) is 22.1 Å². The van der Waals surface area contributed by atoms with Gasteiger partial charge in [0.05, 0.1) is 5.56 Å². The molecule has 100 valence electrons. The summed E-state index contributed by atoms with van der Waals surface area (Å²) >= 11 is 0. The normalized spacial score (nSPS) is 14.8. The van der Waals surface area contributed by atoms with Crippen molar-refractivity contribution in [3.8, 4) is 11.8 Å². The second-order valence-electron chi connectivity index (χ2n) is 4.78. The van der Waals surface area contributed by atoms with E-state index in [1.54, 1.807) is 12.3 Å². The van der Waals surface area contributed by atoms with Gasteiger partial charge in [-0.2, -0.15) is 0 Å². The molecule has 4 heteroatoms. The van der Waals surface area contributed by atoms with Crippen molar-refractivity contribution in [3.05, 3.63) is 29.6 Å². The molecule has 2 N–H and O–H groups in total. The molecule has 0 atom stereocenters. The van der Waals surface area contributed by atoms with E-state index in [4.69, 9.17) is 5.11 Å². The fraction of sp³-hybridized carbons (Fsp3) is 0.467. The summed E-state index contributed by atoms with van der Waals surface area (Å²) in [5.41, 5.74) is 1.16. The van der Waals surface area contributed by atoms with Gasteiger partial charge in [0.25, 0.3) is 5.91 Å². The predicted octanol–water partition coefficient (Wildman–Crippen LogP) is 1.35. The van der Waals surface area contributed by atoms with Crippen LogP contribution in [0.3, 0.4) is 0 Å². The van der Waals surface area contributed by atoms with Crippen molar-refractivity contribution in [2.45, 2.75) is 25.7 Å². The molecule has 1 aliphatic carbocycles. The Morgan fingerprint density at radius 2 is 2.21 bits per heavy atom. The molecule has 0 radical (unpaired) electrons. The van der Waals surface area contributed by atoms with Crippen LogP contribution in [0.2, 0.25) is 0 Å². The highest BCUT2D eigenvalue weighted by Gasteiger charge is 2.16. The van der Waals surface area contributed by atoms with Crippen LogP contribution < -0.4 is 5.32 Å². The van der Waals surface area contributed by atoms with Gasteiger partial charge in [0.2, 0.25) is 0 Å². The van der Waals surface area contributed by atoms with E-state index in [0.717, 1.165) is 6.54 Å². The summed E-state index contributed by atoms with van der Waals surface area (Å²) in [5.74, 6) is 5.80. The highest BCUT2D eigenvalue weighted by Crippen LogP contribution is 2.23. The zero-order valence-electron chi connectivity index (χ0n) is 10.9. The standard InChI is InChI=1S/C15H18N2O2/c18-7-3-6-13-8-14(11-16-9-13)15(19)17-10-12-4-1-2-5-12/h8-9,11-12,18H,1-2,4-5,7,10H2,(H,17,19). The number of aliphatic hydroxyl groups excluding tert-OH is 1. The lowest BCUT2D eigenvalue weighted by atomic mass is 10.1. The van der Waals surface area contributed by atoms with Gasteiger partial charge in [0.15, 0.2) is 0 Å². The van der Waals surface area contributed by atoms with E-state index in [-0.39, 0.29) is 12.5 Å². The Labute approximate surface area is 113 Å². The smallest absolute Gasteiger partial charge is 0.252 e. The molecule has 0 aliphatic heterocycles. The minimum Gasteiger partial charge on any atom is -0.384 e. The summed E-state index contributed by atoms with van der Waals surface area (Å²) in [6.07, 6.45) is 8.08. The van der Waals surface area contributed by atoms with Crippen molar-refractivity contribution >= 4 is 5.91 Å². The number of pyridine rings is 1. The topological polar surface area (TPSA) is 62.2 Å². The summed E-state index contributed by atoms with van der Waals surface area (Å²) in [7, 11) is 0. The maximum absolute atomic E-state index is 12.0. The maximum Gasteiger partial charge on any atom is 0.252 e. The summed E-state index contributed by atoms with van der Waals surface area (Å²) in [6, 6.07) is 1.69. The molecule has 1 aromatic heterocycles. The van der Waals surface area contributed by atoms with Gasteiger partial charge in [-0.1, -0.05) is 24.7 Å². The van der Waals surface area contributed by atoms with Gasteiger partial charge < -0.3 is 10.4 Å². The highest BCUT2D eigenvalue weighted by molar-refractivity contribution is 5.94. The zero-order valence-corrected chi connectivity index (χ0v) is 10.9. The van der Waals surface area contributed by atoms with Crippen LogP contribution in [0.25, 0.3) is 0 Å². The lowest BCUT2D eigenvalue weighted by Gasteiger charge is -2.10. The van der Waals surface area contributed by atoms with Crippen LogP contribution in [0.4, 0.5) is 0 Å². The summed E-state index contributed by atoms with van der Waals surface area (Å²) < 4.78 is 0. The zero-order chi connectivity index (χ0) is 13.5. The van der Waals surface area contributed by atoms with Gasteiger partial charge in [0, 0.05) is 24.5 Å². The van der Waals surface area contributed by atoms with Crippen molar-refractivity contribution in [1.82, 2.24) is 10.3 Å². The fourth-order valence-corrected chi connectivity index (χ4v) is 2.33. The number of aromatic nitrogens is 1. The van der Waals surface area contributed by atoms with Crippen molar-refractivity contribution in [2.75, 3.05) is 13.2 Å². The SMILES string of the molecule is O=C(NCC1CCCC1)c1cncc(C#CCO)c1. The molecule has 0 aromatic carbocycles.